The van der Waals surface area contributed by atoms with E-state index in [1.54, 1.807) is 0 Å². The second-order valence-electron chi connectivity index (χ2n) is 25.2. The van der Waals surface area contributed by atoms with Crippen molar-refractivity contribution in [3.63, 3.8) is 0 Å². The van der Waals surface area contributed by atoms with E-state index in [-0.39, 0.29) is 10.8 Å². The van der Waals surface area contributed by atoms with Crippen molar-refractivity contribution in [1.82, 2.24) is 33.2 Å². The van der Waals surface area contributed by atoms with E-state index in [1.165, 1.54) is 77.3 Å². The molecule has 5 aromatic heterocycles. The lowest BCUT2D eigenvalue weighted by molar-refractivity contribution is 0.660. The average molecular weight is 1130 g/mol. The van der Waals surface area contributed by atoms with Crippen molar-refractivity contribution in [3.05, 3.63) is 283 Å². The van der Waals surface area contributed by atoms with Crippen LogP contribution in [0, 0.1) is 0 Å². The van der Waals surface area contributed by atoms with Gasteiger partial charge in [-0.2, -0.15) is 15.0 Å². The van der Waals surface area contributed by atoms with Gasteiger partial charge in [-0.3, -0.25) is 13.7 Å². The zero-order valence-electron chi connectivity index (χ0n) is 49.0. The van der Waals surface area contributed by atoms with Crippen molar-refractivity contribution in [2.24, 2.45) is 0 Å². The van der Waals surface area contributed by atoms with Gasteiger partial charge in [-0.05, 0) is 140 Å². The molecule has 0 atom stereocenters. The Bertz CT molecular complexity index is 5880. The summed E-state index contributed by atoms with van der Waals surface area (Å²) in [6.07, 6.45) is 0. The lowest BCUT2D eigenvalue weighted by atomic mass is 9.80. The third-order valence-corrected chi connectivity index (χ3v) is 19.8. The Morgan fingerprint density at radius 3 is 1.25 bits per heavy atom. The van der Waals surface area contributed by atoms with Gasteiger partial charge in [0.05, 0.1) is 44.1 Å². The molecule has 0 unspecified atom stereocenters. The second-order valence-corrected chi connectivity index (χ2v) is 25.2. The Balaban J connectivity index is 0.876. The summed E-state index contributed by atoms with van der Waals surface area (Å²) in [5.74, 6) is 1.58. The molecule has 5 heterocycles. The molecule has 414 valence electrons. The van der Waals surface area contributed by atoms with Gasteiger partial charge in [-0.1, -0.05) is 216 Å². The molecule has 0 amide bonds. The fourth-order valence-electron chi connectivity index (χ4n) is 15.8. The summed E-state index contributed by atoms with van der Waals surface area (Å²) in [6.45, 7) is 9.46. The van der Waals surface area contributed by atoms with E-state index in [1.807, 2.05) is 0 Å². The number of aromatic nitrogens is 7. The third kappa shape index (κ3) is 6.65. The van der Waals surface area contributed by atoms with Gasteiger partial charge in [0.25, 0.3) is 0 Å². The van der Waals surface area contributed by atoms with Crippen molar-refractivity contribution in [1.29, 1.82) is 0 Å². The van der Waals surface area contributed by atoms with Crippen LogP contribution in [0.5, 0.6) is 0 Å². The number of nitrogens with zero attached hydrogens (tertiary/aromatic N) is 7. The molecule has 0 saturated heterocycles. The van der Waals surface area contributed by atoms with E-state index < -0.39 is 0 Å². The van der Waals surface area contributed by atoms with Gasteiger partial charge in [0.15, 0.2) is 0 Å². The van der Waals surface area contributed by atoms with Crippen LogP contribution >= 0.6 is 0 Å². The van der Waals surface area contributed by atoms with E-state index in [2.05, 4.69) is 307 Å². The Morgan fingerprint density at radius 2 is 0.636 bits per heavy atom. The molecular formula is C81H55N7. The van der Waals surface area contributed by atoms with E-state index >= 15 is 0 Å². The summed E-state index contributed by atoms with van der Waals surface area (Å²) < 4.78 is 9.22. The number of hydrogen-bond acceptors (Lipinski definition) is 3. The van der Waals surface area contributed by atoms with Crippen LogP contribution < -0.4 is 0 Å². The minimum Gasteiger partial charge on any atom is -0.309 e. The maximum atomic E-state index is 5.79. The number of para-hydroxylation sites is 5. The summed E-state index contributed by atoms with van der Waals surface area (Å²) in [6, 6.07) is 95.7. The minimum absolute atomic E-state index is 0.142. The van der Waals surface area contributed by atoms with Crippen molar-refractivity contribution in [3.8, 4) is 68.0 Å². The van der Waals surface area contributed by atoms with Gasteiger partial charge < -0.3 is 4.57 Å². The van der Waals surface area contributed by atoms with Crippen LogP contribution in [-0.4, -0.2) is 33.2 Å². The van der Waals surface area contributed by atoms with Crippen LogP contribution in [0.3, 0.4) is 0 Å². The number of hydrogen-bond donors (Lipinski definition) is 0. The second kappa shape index (κ2) is 17.7. The zero-order valence-corrected chi connectivity index (χ0v) is 49.0. The van der Waals surface area contributed by atoms with Crippen LogP contribution in [0.1, 0.15) is 49.9 Å². The van der Waals surface area contributed by atoms with Gasteiger partial charge in [-0.25, -0.2) is 0 Å². The number of rotatable bonds is 6. The monoisotopic (exact) mass is 1130 g/mol. The van der Waals surface area contributed by atoms with Crippen molar-refractivity contribution < 1.29 is 0 Å². The van der Waals surface area contributed by atoms with Crippen LogP contribution in [0.2, 0.25) is 0 Å². The Morgan fingerprint density at radius 1 is 0.250 bits per heavy atom. The van der Waals surface area contributed by atoms with Crippen LogP contribution in [0.4, 0.5) is 0 Å². The molecule has 0 N–H and O–H groups in total. The molecule has 7 nitrogen and oxygen atoms in total. The van der Waals surface area contributed by atoms with Crippen LogP contribution in [-0.2, 0) is 10.8 Å². The Hall–Kier alpha value is -11.2. The predicted molar refractivity (Wildman–Crippen MR) is 363 cm³/mol. The SMILES string of the molecule is CC1(C)c2ccccc2-c2ccc(-c3ccc4c5ccccc5n(-c5nc(-n6c7ccccc7c7ccc(-c8ccc9c(c8)c8ccccc8n9-c8ccccc8)cc76)nc(-n6c7ccccc7c7c8c(ccc76)-c6ccccc6C8(C)C)n5)c4c3)cc21. The van der Waals surface area contributed by atoms with Crippen molar-refractivity contribution in [2.45, 2.75) is 38.5 Å². The first-order chi connectivity index (χ1) is 43.2. The van der Waals surface area contributed by atoms with Crippen molar-refractivity contribution >= 4 is 87.2 Å². The first-order valence-corrected chi connectivity index (χ1v) is 30.5. The van der Waals surface area contributed by atoms with E-state index in [4.69, 9.17) is 15.0 Å². The molecule has 0 saturated carbocycles. The molecule has 7 heteroatoms. The molecular weight excluding hydrogens is 1070 g/mol. The highest BCUT2D eigenvalue weighted by Crippen LogP contribution is 2.54. The summed E-state index contributed by atoms with van der Waals surface area (Å²) in [5, 5.41) is 9.26. The zero-order chi connectivity index (χ0) is 58.3. The molecule has 12 aromatic carbocycles. The standard InChI is InChI=1S/C81H55N7/c1-80(2)64-28-14-8-22-53(64)55-38-34-49(45-66(55)80)51-36-40-60-57-25-11-18-32-69(57)88(74(60)47-51)79-83-77(86-70-33-19-13-27-62(70)75-72(86)43-41-61-54-23-9-15-29-65(54)81(3,4)76(61)75)82-78(84-79)87-68-31-17-10-24-56(68)59-39-35-50(46-73(59)87)48-37-42-71-63(44-48)58-26-12-16-30-67(58)85(71)52-20-6-5-7-21-52/h5-47H,1-4H3. The largest absolute Gasteiger partial charge is 0.309 e. The van der Waals surface area contributed by atoms with E-state index in [9.17, 15) is 0 Å². The molecule has 2 aliphatic carbocycles. The normalized spacial score (nSPS) is 13.9. The number of benzene rings is 12. The first kappa shape index (κ1) is 49.1. The molecule has 17 aromatic rings. The average Bonchev–Trinajstić information content (AvgIpc) is 1.57. The molecule has 0 bridgehead atoms. The van der Waals surface area contributed by atoms with Crippen LogP contribution in [0.25, 0.3) is 155 Å². The lowest BCUT2D eigenvalue weighted by Crippen LogP contribution is -2.15. The summed E-state index contributed by atoms with van der Waals surface area (Å²) in [4.78, 5) is 17.4. The van der Waals surface area contributed by atoms with Crippen molar-refractivity contribution in [2.75, 3.05) is 0 Å². The summed E-state index contributed by atoms with van der Waals surface area (Å²) in [5.41, 5.74) is 24.2. The molecule has 0 aliphatic heterocycles. The Kier molecular flexibility index (Phi) is 9.90. The Labute approximate surface area is 507 Å². The topological polar surface area (TPSA) is 58.4 Å². The molecule has 0 fully saturated rings. The van der Waals surface area contributed by atoms with Gasteiger partial charge >= 0.3 is 0 Å². The predicted octanol–water partition coefficient (Wildman–Crippen LogP) is 20.2. The van der Waals surface area contributed by atoms with Gasteiger partial charge in [0.2, 0.25) is 17.8 Å². The summed E-state index contributed by atoms with van der Waals surface area (Å²) >= 11 is 0. The fraction of sp³-hybridized carbons (Fsp3) is 0.0741. The quantitative estimate of drug-likeness (QED) is 0.167. The van der Waals surface area contributed by atoms with E-state index in [0.29, 0.717) is 17.8 Å². The maximum absolute atomic E-state index is 5.79. The fourth-order valence-corrected chi connectivity index (χ4v) is 15.8. The molecule has 2 aliphatic rings. The number of fused-ring (bicyclic) bond motifs is 19. The highest BCUT2D eigenvalue weighted by molar-refractivity contribution is 6.16. The van der Waals surface area contributed by atoms with Gasteiger partial charge in [-0.15, -0.1) is 0 Å². The lowest BCUT2D eigenvalue weighted by Gasteiger charge is -2.22. The first-order valence-electron chi connectivity index (χ1n) is 30.5. The molecule has 0 spiro atoms. The maximum Gasteiger partial charge on any atom is 0.241 e. The van der Waals surface area contributed by atoms with Gasteiger partial charge in [0, 0.05) is 59.6 Å². The smallest absolute Gasteiger partial charge is 0.241 e. The highest BCUT2D eigenvalue weighted by atomic mass is 15.3. The molecule has 88 heavy (non-hydrogen) atoms. The van der Waals surface area contributed by atoms with E-state index in [0.717, 1.165) is 82.4 Å². The summed E-state index contributed by atoms with van der Waals surface area (Å²) in [7, 11) is 0. The minimum atomic E-state index is -0.265. The van der Waals surface area contributed by atoms with Gasteiger partial charge in [0.1, 0.15) is 0 Å². The molecule has 0 radical (unpaired) electrons. The molecule has 19 rings (SSSR count). The van der Waals surface area contributed by atoms with Crippen LogP contribution in [0.15, 0.2) is 261 Å². The highest BCUT2D eigenvalue weighted by Gasteiger charge is 2.39. The third-order valence-electron chi connectivity index (χ3n) is 19.8.